The first-order chi connectivity index (χ1) is 7.77. The van der Waals surface area contributed by atoms with Crippen LogP contribution in [0.4, 0.5) is 5.95 Å². The minimum atomic E-state index is 0.0796. The van der Waals surface area contributed by atoms with Crippen LogP contribution >= 0.6 is 0 Å². The van der Waals surface area contributed by atoms with Crippen LogP contribution in [0, 0.1) is 5.41 Å². The molecule has 1 aromatic rings. The second-order valence-corrected chi connectivity index (χ2v) is 7.14. The molecule has 1 saturated carbocycles. The molecule has 2 rings (SSSR count). The van der Waals surface area contributed by atoms with Gasteiger partial charge in [-0.1, -0.05) is 20.8 Å². The van der Waals surface area contributed by atoms with Crippen LogP contribution in [0.3, 0.4) is 0 Å². The third kappa shape index (κ3) is 3.48. The van der Waals surface area contributed by atoms with Crippen molar-refractivity contribution in [1.82, 2.24) is 9.55 Å². The van der Waals surface area contributed by atoms with E-state index in [1.165, 1.54) is 12.8 Å². The van der Waals surface area contributed by atoms with Crippen molar-refractivity contribution in [2.75, 3.05) is 5.32 Å². The summed E-state index contributed by atoms with van der Waals surface area (Å²) in [6, 6.07) is 0.686. The topological polar surface area (TPSA) is 29.9 Å². The molecular weight excluding hydrogens is 210 g/mol. The van der Waals surface area contributed by atoms with Gasteiger partial charge in [-0.25, -0.2) is 4.98 Å². The third-order valence-corrected chi connectivity index (χ3v) is 3.03. The van der Waals surface area contributed by atoms with Gasteiger partial charge < -0.3 is 9.88 Å². The number of hydrogen-bond donors (Lipinski definition) is 1. The van der Waals surface area contributed by atoms with Gasteiger partial charge in [0.2, 0.25) is 5.95 Å². The highest BCUT2D eigenvalue weighted by atomic mass is 15.2. The standard InChI is InChI=1S/C14H25N3/c1-13(2,3)10-14(4,5)16-12-15-8-9-17(12)11-6-7-11/h8-9,11H,6-7,10H2,1-5H3,(H,15,16). The van der Waals surface area contributed by atoms with Gasteiger partial charge in [-0.15, -0.1) is 0 Å². The normalized spacial score (nSPS) is 17.2. The molecule has 0 unspecified atom stereocenters. The average molecular weight is 235 g/mol. The Morgan fingerprint density at radius 1 is 1.29 bits per heavy atom. The predicted octanol–water partition coefficient (Wildman–Crippen LogP) is 3.84. The quantitative estimate of drug-likeness (QED) is 0.859. The van der Waals surface area contributed by atoms with Gasteiger partial charge in [0.15, 0.2) is 0 Å². The maximum absolute atomic E-state index is 4.44. The van der Waals surface area contributed by atoms with Crippen molar-refractivity contribution in [3.05, 3.63) is 12.4 Å². The summed E-state index contributed by atoms with van der Waals surface area (Å²) in [4.78, 5) is 4.44. The molecule has 17 heavy (non-hydrogen) atoms. The van der Waals surface area contributed by atoms with E-state index in [4.69, 9.17) is 0 Å². The van der Waals surface area contributed by atoms with Crippen LogP contribution in [0.25, 0.3) is 0 Å². The smallest absolute Gasteiger partial charge is 0.203 e. The van der Waals surface area contributed by atoms with Gasteiger partial charge >= 0.3 is 0 Å². The lowest BCUT2D eigenvalue weighted by Gasteiger charge is -2.33. The molecule has 0 radical (unpaired) electrons. The number of anilines is 1. The second-order valence-electron chi connectivity index (χ2n) is 7.14. The Bertz CT molecular complexity index is 380. The van der Waals surface area contributed by atoms with Crippen LogP contribution < -0.4 is 5.32 Å². The fourth-order valence-corrected chi connectivity index (χ4v) is 2.73. The number of hydrogen-bond acceptors (Lipinski definition) is 2. The summed E-state index contributed by atoms with van der Waals surface area (Å²) < 4.78 is 2.28. The zero-order chi connectivity index (χ0) is 12.7. The molecule has 0 aliphatic heterocycles. The van der Waals surface area contributed by atoms with Crippen LogP contribution in [0.5, 0.6) is 0 Å². The van der Waals surface area contributed by atoms with Gasteiger partial charge in [0.25, 0.3) is 0 Å². The minimum absolute atomic E-state index is 0.0796. The highest BCUT2D eigenvalue weighted by molar-refractivity contribution is 5.31. The van der Waals surface area contributed by atoms with Gasteiger partial charge in [0.1, 0.15) is 0 Å². The van der Waals surface area contributed by atoms with Crippen LogP contribution in [0.2, 0.25) is 0 Å². The molecule has 1 heterocycles. The van der Waals surface area contributed by atoms with E-state index in [1.807, 2.05) is 6.20 Å². The fourth-order valence-electron chi connectivity index (χ4n) is 2.73. The van der Waals surface area contributed by atoms with Crippen molar-refractivity contribution >= 4 is 5.95 Å². The second kappa shape index (κ2) is 4.04. The van der Waals surface area contributed by atoms with E-state index in [0.29, 0.717) is 11.5 Å². The minimum Gasteiger partial charge on any atom is -0.351 e. The molecule has 1 N–H and O–H groups in total. The lowest BCUT2D eigenvalue weighted by Crippen LogP contribution is -2.36. The molecule has 0 amide bonds. The van der Waals surface area contributed by atoms with E-state index in [1.54, 1.807) is 0 Å². The van der Waals surface area contributed by atoms with Crippen LogP contribution in [-0.4, -0.2) is 15.1 Å². The van der Waals surface area contributed by atoms with Gasteiger partial charge in [-0.05, 0) is 38.5 Å². The van der Waals surface area contributed by atoms with E-state index in [9.17, 15) is 0 Å². The number of rotatable bonds is 4. The van der Waals surface area contributed by atoms with E-state index in [2.05, 4.69) is 55.7 Å². The van der Waals surface area contributed by atoms with E-state index < -0.39 is 0 Å². The molecule has 1 fully saturated rings. The molecule has 0 bridgehead atoms. The molecule has 0 atom stereocenters. The largest absolute Gasteiger partial charge is 0.351 e. The van der Waals surface area contributed by atoms with Crippen LogP contribution in [0.1, 0.15) is 59.9 Å². The third-order valence-electron chi connectivity index (χ3n) is 3.03. The predicted molar refractivity (Wildman–Crippen MR) is 72.3 cm³/mol. The van der Waals surface area contributed by atoms with Crippen molar-refractivity contribution in [1.29, 1.82) is 0 Å². The molecule has 0 spiro atoms. The number of imidazole rings is 1. The maximum atomic E-state index is 4.44. The SMILES string of the molecule is CC(C)(C)CC(C)(C)Nc1nccn1C1CC1. The number of aromatic nitrogens is 2. The first kappa shape index (κ1) is 12.5. The van der Waals surface area contributed by atoms with Gasteiger partial charge in [0.05, 0.1) is 0 Å². The average Bonchev–Trinajstić information content (AvgIpc) is 2.84. The lowest BCUT2D eigenvalue weighted by molar-refractivity contribution is 0.301. The van der Waals surface area contributed by atoms with Gasteiger partial charge in [-0.3, -0.25) is 0 Å². The molecular formula is C14H25N3. The summed E-state index contributed by atoms with van der Waals surface area (Å²) >= 11 is 0. The monoisotopic (exact) mass is 235 g/mol. The highest BCUT2D eigenvalue weighted by Crippen LogP contribution is 2.38. The van der Waals surface area contributed by atoms with Gasteiger partial charge in [-0.2, -0.15) is 0 Å². The van der Waals surface area contributed by atoms with Crippen molar-refractivity contribution in [3.63, 3.8) is 0 Å². The summed E-state index contributed by atoms with van der Waals surface area (Å²) in [5.41, 5.74) is 0.406. The molecule has 96 valence electrons. The Morgan fingerprint density at radius 2 is 1.94 bits per heavy atom. The molecule has 0 saturated heterocycles. The summed E-state index contributed by atoms with van der Waals surface area (Å²) in [5.74, 6) is 1.03. The fraction of sp³-hybridized carbons (Fsp3) is 0.786. The number of nitrogens with one attached hydrogen (secondary N) is 1. The molecule has 1 aromatic heterocycles. The maximum Gasteiger partial charge on any atom is 0.203 e. The van der Waals surface area contributed by atoms with Crippen LogP contribution in [-0.2, 0) is 0 Å². The van der Waals surface area contributed by atoms with E-state index in [-0.39, 0.29) is 5.54 Å². The molecule has 1 aliphatic rings. The Kier molecular flexibility index (Phi) is 2.96. The first-order valence-electron chi connectivity index (χ1n) is 6.58. The van der Waals surface area contributed by atoms with Crippen molar-refractivity contribution in [2.45, 2.75) is 65.5 Å². The summed E-state index contributed by atoms with van der Waals surface area (Å²) in [6.45, 7) is 11.4. The molecule has 3 nitrogen and oxygen atoms in total. The summed E-state index contributed by atoms with van der Waals surface area (Å²) in [5, 5.41) is 3.60. The van der Waals surface area contributed by atoms with E-state index >= 15 is 0 Å². The molecule has 0 aromatic carbocycles. The summed E-state index contributed by atoms with van der Waals surface area (Å²) in [6.07, 6.45) is 7.70. The van der Waals surface area contributed by atoms with Crippen molar-refractivity contribution in [3.8, 4) is 0 Å². The Morgan fingerprint density at radius 3 is 2.47 bits per heavy atom. The Hall–Kier alpha value is -0.990. The molecule has 3 heteroatoms. The zero-order valence-electron chi connectivity index (χ0n) is 11.7. The first-order valence-corrected chi connectivity index (χ1v) is 6.58. The number of nitrogens with zero attached hydrogens (tertiary/aromatic N) is 2. The van der Waals surface area contributed by atoms with Crippen LogP contribution in [0.15, 0.2) is 12.4 Å². The Balaban J connectivity index is 2.06. The summed E-state index contributed by atoms with van der Waals surface area (Å²) in [7, 11) is 0. The molecule has 1 aliphatic carbocycles. The van der Waals surface area contributed by atoms with E-state index in [0.717, 1.165) is 12.4 Å². The van der Waals surface area contributed by atoms with Crippen molar-refractivity contribution in [2.24, 2.45) is 5.41 Å². The highest BCUT2D eigenvalue weighted by Gasteiger charge is 2.29. The van der Waals surface area contributed by atoms with Gasteiger partial charge in [0, 0.05) is 24.0 Å². The zero-order valence-corrected chi connectivity index (χ0v) is 11.7. The lowest BCUT2D eigenvalue weighted by atomic mass is 9.82. The Labute approximate surface area is 105 Å². The van der Waals surface area contributed by atoms with Crippen molar-refractivity contribution < 1.29 is 0 Å².